The normalized spacial score (nSPS) is 29.1. The lowest BCUT2D eigenvalue weighted by atomic mass is 9.90. The summed E-state index contributed by atoms with van der Waals surface area (Å²) in [6, 6.07) is -0.170. The third-order valence-corrected chi connectivity index (χ3v) is 5.49. The van der Waals surface area contributed by atoms with Gasteiger partial charge in [0.15, 0.2) is 0 Å². The Morgan fingerprint density at radius 3 is 2.21 bits per heavy atom. The molecule has 2 rings (SSSR count). The number of carbonyl (C=O) groups excluding carboxylic acids is 1. The lowest BCUT2D eigenvalue weighted by Crippen LogP contribution is -2.46. The summed E-state index contributed by atoms with van der Waals surface area (Å²) in [4.78, 5) is 24.8. The van der Waals surface area contributed by atoms with E-state index in [1.54, 1.807) is 13.8 Å². The third-order valence-electron chi connectivity index (χ3n) is 5.49. The van der Waals surface area contributed by atoms with Crippen LogP contribution in [0.15, 0.2) is 0 Å². The lowest BCUT2D eigenvalue weighted by Gasteiger charge is -2.35. The number of likely N-dealkylation sites (tertiary alicyclic amines) is 1. The van der Waals surface area contributed by atoms with Gasteiger partial charge in [0.2, 0.25) is 5.91 Å². The molecule has 2 fully saturated rings. The SMILES string of the molecule is CC(NC(=O)[C@@H]1[C@H](C(=O)O)C1(C)C)C1CCN(CC(F)(F)F)CC1. The van der Waals surface area contributed by atoms with Crippen LogP contribution in [0.25, 0.3) is 0 Å². The van der Waals surface area contributed by atoms with Gasteiger partial charge in [0.25, 0.3) is 0 Å². The number of carboxylic acid groups (broad SMARTS) is 1. The smallest absolute Gasteiger partial charge is 0.401 e. The number of rotatable bonds is 5. The highest BCUT2D eigenvalue weighted by Crippen LogP contribution is 2.58. The molecule has 5 nitrogen and oxygen atoms in total. The van der Waals surface area contributed by atoms with Crippen LogP contribution < -0.4 is 5.32 Å². The Balaban J connectivity index is 1.81. The summed E-state index contributed by atoms with van der Waals surface area (Å²) in [6.07, 6.45) is -3.00. The van der Waals surface area contributed by atoms with Gasteiger partial charge in [0.1, 0.15) is 0 Å². The maximum absolute atomic E-state index is 12.4. The maximum atomic E-state index is 12.4. The summed E-state index contributed by atoms with van der Waals surface area (Å²) in [6.45, 7) is 5.19. The van der Waals surface area contributed by atoms with Gasteiger partial charge in [0.05, 0.1) is 18.4 Å². The second-order valence-electron chi connectivity index (χ2n) is 7.64. The topological polar surface area (TPSA) is 69.6 Å². The molecule has 1 saturated heterocycles. The number of carboxylic acids is 1. The van der Waals surface area contributed by atoms with Crippen LogP contribution >= 0.6 is 0 Å². The number of aliphatic carboxylic acids is 1. The highest BCUT2D eigenvalue weighted by Gasteiger charge is 2.66. The van der Waals surface area contributed by atoms with Crippen molar-refractivity contribution < 1.29 is 27.9 Å². The first kappa shape index (κ1) is 19.0. The quantitative estimate of drug-likeness (QED) is 0.797. The van der Waals surface area contributed by atoms with E-state index in [2.05, 4.69) is 5.32 Å². The Hall–Kier alpha value is -1.31. The van der Waals surface area contributed by atoms with E-state index in [1.165, 1.54) is 4.90 Å². The standard InChI is InChI=1S/C16H25F3N2O3/c1-9(10-4-6-21(7-5-10)8-16(17,18)19)20-13(22)11-12(14(23)24)15(11,2)3/h9-12H,4-8H2,1-3H3,(H,20,22)(H,23,24)/t9?,11-,12+/m0/s1. The summed E-state index contributed by atoms with van der Waals surface area (Å²) in [5.74, 6) is -2.32. The van der Waals surface area contributed by atoms with E-state index in [1.807, 2.05) is 6.92 Å². The van der Waals surface area contributed by atoms with Crippen molar-refractivity contribution >= 4 is 11.9 Å². The number of hydrogen-bond acceptors (Lipinski definition) is 3. The van der Waals surface area contributed by atoms with Gasteiger partial charge in [-0.25, -0.2) is 0 Å². The third kappa shape index (κ3) is 4.20. The highest BCUT2D eigenvalue weighted by atomic mass is 19.4. The molecule has 1 unspecified atom stereocenters. The largest absolute Gasteiger partial charge is 0.481 e. The average Bonchev–Trinajstić information content (AvgIpc) is 3.01. The fourth-order valence-electron chi connectivity index (χ4n) is 3.88. The molecular weight excluding hydrogens is 325 g/mol. The van der Waals surface area contributed by atoms with Crippen LogP contribution in [0, 0.1) is 23.2 Å². The zero-order valence-electron chi connectivity index (χ0n) is 14.2. The first-order valence-electron chi connectivity index (χ1n) is 8.25. The van der Waals surface area contributed by atoms with Gasteiger partial charge in [-0.2, -0.15) is 13.2 Å². The molecule has 8 heteroatoms. The molecular formula is C16H25F3N2O3. The highest BCUT2D eigenvalue weighted by molar-refractivity contribution is 5.91. The molecule has 3 atom stereocenters. The van der Waals surface area contributed by atoms with E-state index in [-0.39, 0.29) is 17.9 Å². The fourth-order valence-corrected chi connectivity index (χ4v) is 3.88. The van der Waals surface area contributed by atoms with Crippen molar-refractivity contribution in [3.8, 4) is 0 Å². The molecule has 2 N–H and O–H groups in total. The average molecular weight is 350 g/mol. The van der Waals surface area contributed by atoms with Crippen molar-refractivity contribution in [2.24, 2.45) is 23.2 Å². The van der Waals surface area contributed by atoms with Crippen LogP contribution in [0.2, 0.25) is 0 Å². The van der Waals surface area contributed by atoms with Crippen LogP contribution in [0.4, 0.5) is 13.2 Å². The number of piperidine rings is 1. The van der Waals surface area contributed by atoms with Crippen molar-refractivity contribution in [3.05, 3.63) is 0 Å². The summed E-state index contributed by atoms with van der Waals surface area (Å²) < 4.78 is 37.2. The minimum atomic E-state index is -4.18. The number of alkyl halides is 3. The molecule has 0 radical (unpaired) electrons. The number of amides is 1. The molecule has 138 valence electrons. The zero-order chi connectivity index (χ0) is 18.3. The molecule has 1 aliphatic heterocycles. The summed E-state index contributed by atoms with van der Waals surface area (Å²) in [5, 5.41) is 12.0. The summed E-state index contributed by atoms with van der Waals surface area (Å²) in [5.41, 5.74) is -0.550. The minimum Gasteiger partial charge on any atom is -0.481 e. The van der Waals surface area contributed by atoms with Gasteiger partial charge >= 0.3 is 12.1 Å². The maximum Gasteiger partial charge on any atom is 0.401 e. The van der Waals surface area contributed by atoms with Crippen LogP contribution in [-0.4, -0.2) is 53.7 Å². The van der Waals surface area contributed by atoms with Crippen LogP contribution in [0.3, 0.4) is 0 Å². The molecule has 0 aromatic rings. The Kier molecular flexibility index (Phi) is 5.18. The molecule has 24 heavy (non-hydrogen) atoms. The number of hydrogen-bond donors (Lipinski definition) is 2. The van der Waals surface area contributed by atoms with Crippen molar-refractivity contribution in [3.63, 3.8) is 0 Å². The summed E-state index contributed by atoms with van der Waals surface area (Å²) >= 11 is 0. The van der Waals surface area contributed by atoms with Gasteiger partial charge in [-0.1, -0.05) is 13.8 Å². The Morgan fingerprint density at radius 1 is 1.25 bits per heavy atom. The molecule has 2 aliphatic rings. The van der Waals surface area contributed by atoms with Crippen molar-refractivity contribution in [2.45, 2.75) is 45.8 Å². The Morgan fingerprint density at radius 2 is 1.79 bits per heavy atom. The first-order chi connectivity index (χ1) is 10.9. The number of carbonyl (C=O) groups is 2. The van der Waals surface area contributed by atoms with Crippen molar-refractivity contribution in [1.82, 2.24) is 10.2 Å². The number of nitrogens with zero attached hydrogens (tertiary/aromatic N) is 1. The van der Waals surface area contributed by atoms with Gasteiger partial charge < -0.3 is 10.4 Å². The van der Waals surface area contributed by atoms with E-state index < -0.39 is 35.9 Å². The van der Waals surface area contributed by atoms with Gasteiger partial charge in [-0.15, -0.1) is 0 Å². The van der Waals surface area contributed by atoms with Crippen LogP contribution in [-0.2, 0) is 9.59 Å². The van der Waals surface area contributed by atoms with E-state index in [0.29, 0.717) is 25.9 Å². The Labute approximate surface area is 139 Å². The van der Waals surface area contributed by atoms with E-state index >= 15 is 0 Å². The molecule has 0 aromatic carbocycles. The first-order valence-corrected chi connectivity index (χ1v) is 8.25. The lowest BCUT2D eigenvalue weighted by molar-refractivity contribution is -0.149. The summed E-state index contributed by atoms with van der Waals surface area (Å²) in [7, 11) is 0. The van der Waals surface area contributed by atoms with Gasteiger partial charge in [-0.05, 0) is 44.2 Å². The van der Waals surface area contributed by atoms with Gasteiger partial charge in [-0.3, -0.25) is 14.5 Å². The fraction of sp³-hybridized carbons (Fsp3) is 0.875. The molecule has 1 aliphatic carbocycles. The molecule has 0 aromatic heterocycles. The molecule has 0 bridgehead atoms. The predicted octanol–water partition coefficient (Wildman–Crippen LogP) is 2.12. The number of halogens is 3. The second kappa shape index (κ2) is 6.54. The monoisotopic (exact) mass is 350 g/mol. The molecule has 0 spiro atoms. The van der Waals surface area contributed by atoms with Crippen molar-refractivity contribution in [2.75, 3.05) is 19.6 Å². The molecule has 1 heterocycles. The number of nitrogens with one attached hydrogen (secondary N) is 1. The van der Waals surface area contributed by atoms with Gasteiger partial charge in [0, 0.05) is 6.04 Å². The van der Waals surface area contributed by atoms with E-state index in [4.69, 9.17) is 5.11 Å². The minimum absolute atomic E-state index is 0.114. The predicted molar refractivity (Wildman–Crippen MR) is 81.2 cm³/mol. The Bertz CT molecular complexity index is 499. The molecule has 1 saturated carbocycles. The van der Waals surface area contributed by atoms with Crippen LogP contribution in [0.5, 0.6) is 0 Å². The van der Waals surface area contributed by atoms with E-state index in [9.17, 15) is 22.8 Å². The van der Waals surface area contributed by atoms with Crippen LogP contribution in [0.1, 0.15) is 33.6 Å². The van der Waals surface area contributed by atoms with Crippen molar-refractivity contribution in [1.29, 1.82) is 0 Å². The zero-order valence-corrected chi connectivity index (χ0v) is 14.2. The second-order valence-corrected chi connectivity index (χ2v) is 7.64. The molecule has 1 amide bonds. The van der Waals surface area contributed by atoms with E-state index in [0.717, 1.165) is 0 Å².